The van der Waals surface area contributed by atoms with E-state index in [-0.39, 0.29) is 29.9 Å². The molecule has 0 amide bonds. The predicted molar refractivity (Wildman–Crippen MR) is 78.8 cm³/mol. The zero-order chi connectivity index (χ0) is 16.2. The molecule has 0 saturated carbocycles. The third kappa shape index (κ3) is 4.44. The van der Waals surface area contributed by atoms with Crippen LogP contribution in [0.25, 0.3) is 0 Å². The van der Waals surface area contributed by atoms with Gasteiger partial charge in [-0.05, 0) is 6.92 Å². The van der Waals surface area contributed by atoms with E-state index in [0.717, 1.165) is 0 Å². The molecule has 1 fully saturated rings. The molecule has 2 rings (SSSR count). The molecule has 0 aromatic heterocycles. The molecule has 2 aliphatic heterocycles. The molecule has 6 nitrogen and oxygen atoms in total. The number of carbonyl (C=O) groups is 1. The molecule has 0 aromatic rings. The highest BCUT2D eigenvalue weighted by atomic mass is 16.7. The summed E-state index contributed by atoms with van der Waals surface area (Å²) < 4.78 is 27.3. The normalized spacial score (nSPS) is 28.6. The van der Waals surface area contributed by atoms with Crippen LogP contribution in [0.1, 0.15) is 33.6 Å². The number of hydrogen-bond acceptors (Lipinski definition) is 6. The van der Waals surface area contributed by atoms with Crippen molar-refractivity contribution in [1.82, 2.24) is 0 Å². The van der Waals surface area contributed by atoms with Crippen molar-refractivity contribution >= 4 is 5.97 Å². The molecule has 0 aliphatic carbocycles. The maximum Gasteiger partial charge on any atom is 0.337 e. The van der Waals surface area contributed by atoms with Crippen LogP contribution in [0.5, 0.6) is 0 Å². The molecule has 0 unspecified atom stereocenters. The fourth-order valence-electron chi connectivity index (χ4n) is 2.60. The number of ether oxygens (including phenoxy) is 5. The van der Waals surface area contributed by atoms with Crippen molar-refractivity contribution in [1.29, 1.82) is 0 Å². The summed E-state index contributed by atoms with van der Waals surface area (Å²) in [5.41, 5.74) is 0.539. The third-order valence-corrected chi connectivity index (χ3v) is 3.83. The topological polar surface area (TPSA) is 63.2 Å². The summed E-state index contributed by atoms with van der Waals surface area (Å²) in [5.74, 6) is -0.444. The highest BCUT2D eigenvalue weighted by Crippen LogP contribution is 2.33. The van der Waals surface area contributed by atoms with Crippen molar-refractivity contribution in [3.05, 3.63) is 11.8 Å². The van der Waals surface area contributed by atoms with Gasteiger partial charge in [-0.2, -0.15) is 0 Å². The number of rotatable bonds is 5. The molecule has 22 heavy (non-hydrogen) atoms. The summed E-state index contributed by atoms with van der Waals surface area (Å²) in [6.07, 6.45) is 1.97. The van der Waals surface area contributed by atoms with Gasteiger partial charge >= 0.3 is 5.97 Å². The molecule has 2 aliphatic rings. The van der Waals surface area contributed by atoms with Crippen LogP contribution < -0.4 is 0 Å². The van der Waals surface area contributed by atoms with Crippen molar-refractivity contribution in [3.8, 4) is 0 Å². The van der Waals surface area contributed by atoms with Crippen molar-refractivity contribution in [3.63, 3.8) is 0 Å². The van der Waals surface area contributed by atoms with Crippen molar-refractivity contribution < 1.29 is 28.5 Å². The Labute approximate surface area is 131 Å². The van der Waals surface area contributed by atoms with Gasteiger partial charge in [0.2, 0.25) is 0 Å². The highest BCUT2D eigenvalue weighted by Gasteiger charge is 2.35. The maximum absolute atomic E-state index is 11.9. The molecule has 126 valence electrons. The lowest BCUT2D eigenvalue weighted by molar-refractivity contribution is -0.230. The highest BCUT2D eigenvalue weighted by molar-refractivity contribution is 5.88. The van der Waals surface area contributed by atoms with Gasteiger partial charge in [-0.25, -0.2) is 4.79 Å². The van der Waals surface area contributed by atoms with Crippen LogP contribution in [0.3, 0.4) is 0 Å². The van der Waals surface area contributed by atoms with E-state index in [1.54, 1.807) is 0 Å². The Bertz CT molecular complexity index is 407. The van der Waals surface area contributed by atoms with E-state index in [0.29, 0.717) is 38.2 Å². The van der Waals surface area contributed by atoms with Crippen molar-refractivity contribution in [2.45, 2.75) is 46.2 Å². The van der Waals surface area contributed by atoms with Crippen LogP contribution >= 0.6 is 0 Å². The molecule has 6 heteroatoms. The largest absolute Gasteiger partial charge is 0.472 e. The minimum Gasteiger partial charge on any atom is -0.472 e. The maximum atomic E-state index is 11.9. The van der Waals surface area contributed by atoms with Crippen LogP contribution in [0.2, 0.25) is 0 Å². The molecule has 2 heterocycles. The Balaban J connectivity index is 2.00. The second-order valence-electron chi connectivity index (χ2n) is 6.47. The predicted octanol–water partition coefficient (Wildman–Crippen LogP) is 2.23. The Morgan fingerprint density at radius 1 is 1.36 bits per heavy atom. The van der Waals surface area contributed by atoms with Gasteiger partial charge in [-0.15, -0.1) is 0 Å². The SMILES string of the molecule is CCO[C@H]1C[C@H](CC2OCC(C)(C)CO2)C(C(=O)OC)=CO1. The van der Waals surface area contributed by atoms with Crippen molar-refractivity contribution in [2.75, 3.05) is 26.9 Å². The molecule has 1 saturated heterocycles. The fourth-order valence-corrected chi connectivity index (χ4v) is 2.60. The number of esters is 1. The van der Waals surface area contributed by atoms with E-state index in [9.17, 15) is 4.79 Å². The second kappa shape index (κ2) is 7.44. The Hall–Kier alpha value is -1.11. The summed E-state index contributed by atoms with van der Waals surface area (Å²) in [5, 5.41) is 0. The van der Waals surface area contributed by atoms with E-state index in [4.69, 9.17) is 23.7 Å². The summed E-state index contributed by atoms with van der Waals surface area (Å²) in [4.78, 5) is 11.9. The van der Waals surface area contributed by atoms with Crippen LogP contribution in [-0.2, 0) is 28.5 Å². The second-order valence-corrected chi connectivity index (χ2v) is 6.47. The van der Waals surface area contributed by atoms with E-state index in [2.05, 4.69) is 13.8 Å². The molecule has 0 radical (unpaired) electrons. The summed E-state index contributed by atoms with van der Waals surface area (Å²) >= 11 is 0. The van der Waals surface area contributed by atoms with E-state index < -0.39 is 0 Å². The van der Waals surface area contributed by atoms with Gasteiger partial charge < -0.3 is 23.7 Å². The first-order valence-electron chi connectivity index (χ1n) is 7.74. The first kappa shape index (κ1) is 17.2. The first-order chi connectivity index (χ1) is 10.4. The Morgan fingerprint density at radius 2 is 2.05 bits per heavy atom. The average molecular weight is 314 g/mol. The Morgan fingerprint density at radius 3 is 2.64 bits per heavy atom. The van der Waals surface area contributed by atoms with Gasteiger partial charge in [0.25, 0.3) is 0 Å². The van der Waals surface area contributed by atoms with Gasteiger partial charge in [0.1, 0.15) is 0 Å². The average Bonchev–Trinajstić information content (AvgIpc) is 2.49. The zero-order valence-corrected chi connectivity index (χ0v) is 13.8. The lowest BCUT2D eigenvalue weighted by Crippen LogP contribution is -2.40. The molecular weight excluding hydrogens is 288 g/mol. The summed E-state index contributed by atoms with van der Waals surface area (Å²) in [6, 6.07) is 0. The molecular formula is C16H26O6. The smallest absolute Gasteiger partial charge is 0.337 e. The quantitative estimate of drug-likeness (QED) is 0.725. The van der Waals surface area contributed by atoms with Crippen LogP contribution in [0.15, 0.2) is 11.8 Å². The van der Waals surface area contributed by atoms with E-state index in [1.807, 2.05) is 6.92 Å². The van der Waals surface area contributed by atoms with Gasteiger partial charge in [0, 0.05) is 30.8 Å². The van der Waals surface area contributed by atoms with Gasteiger partial charge in [0.15, 0.2) is 12.6 Å². The number of carbonyl (C=O) groups excluding carboxylic acids is 1. The molecule has 0 spiro atoms. The van der Waals surface area contributed by atoms with Crippen LogP contribution in [-0.4, -0.2) is 45.5 Å². The summed E-state index contributed by atoms with van der Waals surface area (Å²) in [7, 11) is 1.37. The van der Waals surface area contributed by atoms with Crippen LogP contribution in [0.4, 0.5) is 0 Å². The van der Waals surface area contributed by atoms with E-state index in [1.165, 1.54) is 13.4 Å². The molecule has 0 N–H and O–H groups in total. The monoisotopic (exact) mass is 314 g/mol. The van der Waals surface area contributed by atoms with E-state index >= 15 is 0 Å². The van der Waals surface area contributed by atoms with Crippen LogP contribution in [0, 0.1) is 11.3 Å². The minimum atomic E-state index is -0.379. The molecule has 0 bridgehead atoms. The lowest BCUT2D eigenvalue weighted by atomic mass is 9.90. The fraction of sp³-hybridized carbons (Fsp3) is 0.812. The molecule has 2 atom stereocenters. The van der Waals surface area contributed by atoms with Gasteiger partial charge in [0.05, 0.1) is 32.2 Å². The third-order valence-electron chi connectivity index (χ3n) is 3.83. The first-order valence-corrected chi connectivity index (χ1v) is 7.74. The Kier molecular flexibility index (Phi) is 5.83. The van der Waals surface area contributed by atoms with Crippen molar-refractivity contribution in [2.24, 2.45) is 11.3 Å². The van der Waals surface area contributed by atoms with Gasteiger partial charge in [-0.1, -0.05) is 13.8 Å². The minimum absolute atomic E-state index is 0.0288. The lowest BCUT2D eigenvalue weighted by Gasteiger charge is -2.37. The standard InChI is InChI=1S/C16H26O6/c1-5-19-13-6-11(12(8-20-13)15(17)18-4)7-14-21-9-16(2,3)10-22-14/h8,11,13-14H,5-7,9-10H2,1-4H3/t11-,13-/m1/s1. The number of methoxy groups -OCH3 is 1. The zero-order valence-electron chi connectivity index (χ0n) is 13.8. The summed E-state index contributed by atoms with van der Waals surface area (Å²) in [6.45, 7) is 7.96. The molecule has 0 aromatic carbocycles. The number of hydrogen-bond donors (Lipinski definition) is 0. The van der Waals surface area contributed by atoms with Gasteiger partial charge in [-0.3, -0.25) is 0 Å².